The minimum atomic E-state index is -0.00403. The van der Waals surface area contributed by atoms with Gasteiger partial charge in [0.15, 0.2) is 0 Å². The fourth-order valence-corrected chi connectivity index (χ4v) is 3.61. The molecule has 3 aromatic rings. The van der Waals surface area contributed by atoms with E-state index in [2.05, 4.69) is 45.9 Å². The van der Waals surface area contributed by atoms with Crippen LogP contribution in [0.4, 0.5) is 0 Å². The van der Waals surface area contributed by atoms with E-state index in [1.165, 1.54) is 22.3 Å². The first-order valence-corrected chi connectivity index (χ1v) is 8.80. The van der Waals surface area contributed by atoms with E-state index in [-0.39, 0.29) is 11.9 Å². The molecule has 0 aliphatic carbocycles. The number of benzene rings is 1. The molecule has 6 heteroatoms. The van der Waals surface area contributed by atoms with E-state index in [1.807, 2.05) is 18.2 Å². The van der Waals surface area contributed by atoms with E-state index in [0.717, 1.165) is 6.42 Å². The number of thiophene rings is 1. The van der Waals surface area contributed by atoms with Gasteiger partial charge in [-0.3, -0.25) is 9.48 Å². The number of aromatic nitrogens is 3. The van der Waals surface area contributed by atoms with Crippen LogP contribution >= 0.6 is 11.3 Å². The summed E-state index contributed by atoms with van der Waals surface area (Å²) in [7, 11) is 0. The van der Waals surface area contributed by atoms with Crippen molar-refractivity contribution in [2.45, 2.75) is 32.4 Å². The Morgan fingerprint density at radius 2 is 2.12 bits per heavy atom. The summed E-state index contributed by atoms with van der Waals surface area (Å²) in [6.45, 7) is 2.62. The molecule has 0 radical (unpaired) electrons. The molecule has 0 unspecified atom stereocenters. The minimum absolute atomic E-state index is 0.00403. The summed E-state index contributed by atoms with van der Waals surface area (Å²) in [6.07, 6.45) is 4.28. The van der Waals surface area contributed by atoms with Crippen molar-refractivity contribution in [3.8, 4) is 0 Å². The lowest BCUT2D eigenvalue weighted by atomic mass is 10.0. The molecule has 1 N–H and O–H groups in total. The number of nitrogens with one attached hydrogen (secondary N) is 1. The highest BCUT2D eigenvalue weighted by Crippen LogP contribution is 2.27. The highest BCUT2D eigenvalue weighted by molar-refractivity contribution is 7.10. The Labute approximate surface area is 145 Å². The first-order chi connectivity index (χ1) is 11.7. The van der Waals surface area contributed by atoms with Gasteiger partial charge in [-0.25, -0.2) is 4.98 Å². The fraction of sp³-hybridized carbons (Fsp3) is 0.278. The lowest BCUT2D eigenvalue weighted by Crippen LogP contribution is -2.30. The smallest absolute Gasteiger partial charge is 0.222 e. The number of rotatable bonds is 7. The monoisotopic (exact) mass is 340 g/mol. The van der Waals surface area contributed by atoms with Crippen molar-refractivity contribution >= 4 is 17.2 Å². The number of nitrogens with zero attached hydrogens (tertiary/aromatic N) is 3. The normalized spacial score (nSPS) is 12.0. The van der Waals surface area contributed by atoms with Crippen LogP contribution in [-0.2, 0) is 17.8 Å². The lowest BCUT2D eigenvalue weighted by Gasteiger charge is -2.19. The molecular weight excluding hydrogens is 320 g/mol. The number of carbonyl (C=O) groups excluding carboxylic acids is 1. The maximum atomic E-state index is 12.4. The highest BCUT2D eigenvalue weighted by atomic mass is 32.1. The zero-order chi connectivity index (χ0) is 16.8. The van der Waals surface area contributed by atoms with E-state index in [4.69, 9.17) is 0 Å². The van der Waals surface area contributed by atoms with Crippen LogP contribution in [0, 0.1) is 6.92 Å². The van der Waals surface area contributed by atoms with Crippen LogP contribution in [0.5, 0.6) is 0 Å². The second-order valence-corrected chi connectivity index (χ2v) is 6.63. The zero-order valence-electron chi connectivity index (χ0n) is 13.6. The van der Waals surface area contributed by atoms with Crippen LogP contribution in [0.3, 0.4) is 0 Å². The van der Waals surface area contributed by atoms with Crippen LogP contribution in [0.25, 0.3) is 0 Å². The van der Waals surface area contributed by atoms with Crippen molar-refractivity contribution in [2.75, 3.05) is 0 Å². The summed E-state index contributed by atoms with van der Waals surface area (Å²) in [5.41, 5.74) is 2.43. The standard InChI is InChI=1S/C18H20N4OS/c1-14-8-10-24-18(14)16(11-15-5-3-2-4-6-15)21-17(23)7-9-22-13-19-12-20-22/h2-6,8,10,12-13,16H,7,9,11H2,1H3,(H,21,23)/t16-/m0/s1. The second-order valence-electron chi connectivity index (χ2n) is 5.69. The first-order valence-electron chi connectivity index (χ1n) is 7.92. The molecule has 0 spiro atoms. The molecular formula is C18H20N4OS. The number of aryl methyl sites for hydroxylation is 2. The second kappa shape index (κ2) is 7.88. The van der Waals surface area contributed by atoms with Crippen LogP contribution in [-0.4, -0.2) is 20.7 Å². The maximum absolute atomic E-state index is 12.4. The van der Waals surface area contributed by atoms with Gasteiger partial charge >= 0.3 is 0 Å². The summed E-state index contributed by atoms with van der Waals surface area (Å²) < 4.78 is 1.67. The van der Waals surface area contributed by atoms with E-state index in [9.17, 15) is 4.79 Å². The molecule has 0 aliphatic rings. The van der Waals surface area contributed by atoms with Gasteiger partial charge in [-0.1, -0.05) is 30.3 Å². The third kappa shape index (κ3) is 4.29. The molecule has 2 aromatic heterocycles. The molecule has 24 heavy (non-hydrogen) atoms. The van der Waals surface area contributed by atoms with Crippen molar-refractivity contribution < 1.29 is 4.79 Å². The van der Waals surface area contributed by atoms with Gasteiger partial charge in [0.2, 0.25) is 5.91 Å². The van der Waals surface area contributed by atoms with Gasteiger partial charge in [-0.2, -0.15) is 5.10 Å². The van der Waals surface area contributed by atoms with Gasteiger partial charge in [0.25, 0.3) is 0 Å². The Balaban J connectivity index is 1.67. The molecule has 1 amide bonds. The third-order valence-corrected chi connectivity index (χ3v) is 5.00. The predicted molar refractivity (Wildman–Crippen MR) is 94.7 cm³/mol. The molecule has 3 rings (SSSR count). The van der Waals surface area contributed by atoms with Crippen LogP contribution in [0.2, 0.25) is 0 Å². The molecule has 0 saturated heterocycles. The van der Waals surface area contributed by atoms with Crippen LogP contribution < -0.4 is 5.32 Å². The van der Waals surface area contributed by atoms with E-state index in [1.54, 1.807) is 22.3 Å². The molecule has 124 valence electrons. The summed E-state index contributed by atoms with van der Waals surface area (Å²) in [6, 6.07) is 12.3. The molecule has 0 aliphatic heterocycles. The van der Waals surface area contributed by atoms with Crippen molar-refractivity contribution in [3.05, 3.63) is 70.4 Å². The van der Waals surface area contributed by atoms with Crippen molar-refractivity contribution in [1.29, 1.82) is 0 Å². The Morgan fingerprint density at radius 1 is 1.29 bits per heavy atom. The van der Waals surface area contributed by atoms with Gasteiger partial charge < -0.3 is 5.32 Å². The molecule has 0 saturated carbocycles. The van der Waals surface area contributed by atoms with Gasteiger partial charge in [-0.15, -0.1) is 11.3 Å². The van der Waals surface area contributed by atoms with Crippen molar-refractivity contribution in [3.63, 3.8) is 0 Å². The Morgan fingerprint density at radius 3 is 2.79 bits per heavy atom. The van der Waals surface area contributed by atoms with Gasteiger partial charge in [-0.05, 0) is 35.9 Å². The molecule has 5 nitrogen and oxygen atoms in total. The molecule has 1 aromatic carbocycles. The average Bonchev–Trinajstić information content (AvgIpc) is 3.25. The van der Waals surface area contributed by atoms with Gasteiger partial charge in [0.1, 0.15) is 12.7 Å². The van der Waals surface area contributed by atoms with Gasteiger partial charge in [0.05, 0.1) is 12.6 Å². The number of hydrogen-bond acceptors (Lipinski definition) is 4. The first kappa shape index (κ1) is 16.4. The minimum Gasteiger partial charge on any atom is -0.348 e. The van der Waals surface area contributed by atoms with E-state index >= 15 is 0 Å². The number of amides is 1. The third-order valence-electron chi connectivity index (χ3n) is 3.87. The molecule has 0 bridgehead atoms. The zero-order valence-corrected chi connectivity index (χ0v) is 14.4. The van der Waals surface area contributed by atoms with Crippen LogP contribution in [0.15, 0.2) is 54.4 Å². The van der Waals surface area contributed by atoms with Crippen LogP contribution in [0.1, 0.15) is 28.5 Å². The maximum Gasteiger partial charge on any atom is 0.222 e. The summed E-state index contributed by atoms with van der Waals surface area (Å²) in [4.78, 5) is 17.5. The Hall–Kier alpha value is -2.47. The highest BCUT2D eigenvalue weighted by Gasteiger charge is 2.18. The summed E-state index contributed by atoms with van der Waals surface area (Å²) in [5.74, 6) is 0.0271. The molecule has 0 fully saturated rings. The van der Waals surface area contributed by atoms with E-state index < -0.39 is 0 Å². The average molecular weight is 340 g/mol. The topological polar surface area (TPSA) is 59.8 Å². The number of carbonyl (C=O) groups is 1. The largest absolute Gasteiger partial charge is 0.348 e. The molecule has 2 heterocycles. The van der Waals surface area contributed by atoms with Crippen molar-refractivity contribution in [2.24, 2.45) is 0 Å². The lowest BCUT2D eigenvalue weighted by molar-refractivity contribution is -0.122. The van der Waals surface area contributed by atoms with Gasteiger partial charge in [0, 0.05) is 11.3 Å². The Bertz CT molecular complexity index is 767. The quantitative estimate of drug-likeness (QED) is 0.719. The summed E-state index contributed by atoms with van der Waals surface area (Å²) in [5, 5.41) is 9.28. The number of hydrogen-bond donors (Lipinski definition) is 1. The predicted octanol–water partition coefficient (Wildman–Crippen LogP) is 3.14. The SMILES string of the molecule is Cc1ccsc1[C@H](Cc1ccccc1)NC(=O)CCn1cncn1. The Kier molecular flexibility index (Phi) is 5.38. The van der Waals surface area contributed by atoms with Crippen molar-refractivity contribution in [1.82, 2.24) is 20.1 Å². The van der Waals surface area contributed by atoms with E-state index in [0.29, 0.717) is 13.0 Å². The summed E-state index contributed by atoms with van der Waals surface area (Å²) >= 11 is 1.69. The fourth-order valence-electron chi connectivity index (χ4n) is 2.63. The molecule has 1 atom stereocenters.